The Morgan fingerprint density at radius 3 is 2.12 bits per heavy atom. The SMILES string of the molecule is COC(=O)C(=O)/C(=N/Nc1ccccc1)C(=O)c1ccc(OC)cc1. The zero-order valence-electron chi connectivity index (χ0n) is 13.7. The highest BCUT2D eigenvalue weighted by molar-refractivity contribution is 6.80. The summed E-state index contributed by atoms with van der Waals surface area (Å²) in [4.78, 5) is 36.3. The Morgan fingerprint density at radius 2 is 1.56 bits per heavy atom. The summed E-state index contributed by atoms with van der Waals surface area (Å²) in [6.45, 7) is 0. The lowest BCUT2D eigenvalue weighted by Gasteiger charge is -2.06. The van der Waals surface area contributed by atoms with Crippen LogP contribution in [0.3, 0.4) is 0 Å². The Balaban J connectivity index is 2.34. The lowest BCUT2D eigenvalue weighted by atomic mass is 10.0. The number of anilines is 1. The lowest BCUT2D eigenvalue weighted by molar-refractivity contribution is -0.148. The molecule has 2 rings (SSSR count). The van der Waals surface area contributed by atoms with E-state index in [9.17, 15) is 14.4 Å². The number of para-hydroxylation sites is 1. The highest BCUT2D eigenvalue weighted by Crippen LogP contribution is 2.13. The summed E-state index contributed by atoms with van der Waals surface area (Å²) >= 11 is 0. The summed E-state index contributed by atoms with van der Waals surface area (Å²) in [5.41, 5.74) is 2.77. The predicted molar refractivity (Wildman–Crippen MR) is 91.8 cm³/mol. The maximum absolute atomic E-state index is 12.6. The third-order valence-corrected chi connectivity index (χ3v) is 3.22. The van der Waals surface area contributed by atoms with Gasteiger partial charge in [-0.1, -0.05) is 18.2 Å². The maximum atomic E-state index is 12.6. The molecule has 0 saturated heterocycles. The molecule has 0 radical (unpaired) electrons. The molecule has 0 saturated carbocycles. The molecule has 7 nitrogen and oxygen atoms in total. The number of hydrogen-bond acceptors (Lipinski definition) is 7. The van der Waals surface area contributed by atoms with Crippen molar-refractivity contribution in [1.29, 1.82) is 0 Å². The van der Waals surface area contributed by atoms with Gasteiger partial charge in [-0.3, -0.25) is 15.0 Å². The van der Waals surface area contributed by atoms with E-state index >= 15 is 0 Å². The molecule has 0 aliphatic heterocycles. The highest BCUT2D eigenvalue weighted by atomic mass is 16.5. The van der Waals surface area contributed by atoms with Crippen LogP contribution in [0.4, 0.5) is 5.69 Å². The van der Waals surface area contributed by atoms with Gasteiger partial charge in [0.15, 0.2) is 5.71 Å². The van der Waals surface area contributed by atoms with Gasteiger partial charge in [0.2, 0.25) is 5.78 Å². The Bertz CT molecular complexity index is 798. The first-order valence-corrected chi connectivity index (χ1v) is 7.27. The zero-order chi connectivity index (χ0) is 18.2. The van der Waals surface area contributed by atoms with Crippen LogP contribution in [0.15, 0.2) is 59.7 Å². The van der Waals surface area contributed by atoms with Gasteiger partial charge in [-0.2, -0.15) is 5.10 Å². The molecule has 0 amide bonds. The first-order valence-electron chi connectivity index (χ1n) is 7.27. The van der Waals surface area contributed by atoms with Gasteiger partial charge in [-0.15, -0.1) is 0 Å². The Labute approximate surface area is 144 Å². The minimum atomic E-state index is -1.17. The van der Waals surface area contributed by atoms with Crippen LogP contribution in [-0.4, -0.2) is 37.5 Å². The number of carbonyl (C=O) groups excluding carboxylic acids is 3. The van der Waals surface area contributed by atoms with Gasteiger partial charge in [0, 0.05) is 5.56 Å². The number of ether oxygens (including phenoxy) is 2. The number of rotatable bonds is 7. The molecule has 2 aromatic rings. The summed E-state index contributed by atoms with van der Waals surface area (Å²) in [5, 5.41) is 3.82. The van der Waals surface area contributed by atoms with E-state index in [-0.39, 0.29) is 5.56 Å². The monoisotopic (exact) mass is 340 g/mol. The van der Waals surface area contributed by atoms with Crippen LogP contribution < -0.4 is 10.2 Å². The molecule has 1 N–H and O–H groups in total. The number of nitrogens with zero attached hydrogens (tertiary/aromatic N) is 1. The van der Waals surface area contributed by atoms with E-state index < -0.39 is 23.2 Å². The second-order valence-electron chi connectivity index (χ2n) is 4.82. The number of hydrazone groups is 1. The average molecular weight is 340 g/mol. The third-order valence-electron chi connectivity index (χ3n) is 3.22. The standard InChI is InChI=1S/C18H16N2O5/c1-24-14-10-8-12(9-11-14)16(21)15(17(22)18(23)25-2)20-19-13-6-4-3-5-7-13/h3-11,19H,1-2H3/b20-15+. The molecule has 2 aromatic carbocycles. The molecule has 25 heavy (non-hydrogen) atoms. The minimum absolute atomic E-state index is 0.187. The number of carbonyl (C=O) groups is 3. The van der Waals surface area contributed by atoms with Crippen LogP contribution in [0, 0.1) is 0 Å². The van der Waals surface area contributed by atoms with Gasteiger partial charge < -0.3 is 9.47 Å². The molecule has 0 aromatic heterocycles. The first-order chi connectivity index (χ1) is 12.1. The van der Waals surface area contributed by atoms with Crippen LogP contribution in [0.5, 0.6) is 5.75 Å². The third kappa shape index (κ3) is 4.51. The number of hydrogen-bond donors (Lipinski definition) is 1. The maximum Gasteiger partial charge on any atom is 0.381 e. The Morgan fingerprint density at radius 1 is 0.920 bits per heavy atom. The summed E-state index contributed by atoms with van der Waals surface area (Å²) < 4.78 is 9.42. The van der Waals surface area contributed by atoms with Crippen molar-refractivity contribution in [1.82, 2.24) is 0 Å². The van der Waals surface area contributed by atoms with Crippen molar-refractivity contribution >= 4 is 28.9 Å². The van der Waals surface area contributed by atoms with Crippen molar-refractivity contribution in [3.8, 4) is 5.75 Å². The van der Waals surface area contributed by atoms with Gasteiger partial charge >= 0.3 is 5.97 Å². The normalized spacial score (nSPS) is 10.7. The molecule has 7 heteroatoms. The minimum Gasteiger partial charge on any atom is -0.497 e. The summed E-state index contributed by atoms with van der Waals surface area (Å²) in [6.07, 6.45) is 0. The van der Waals surface area contributed by atoms with Crippen molar-refractivity contribution < 1.29 is 23.9 Å². The molecular weight excluding hydrogens is 324 g/mol. The largest absolute Gasteiger partial charge is 0.497 e. The van der Waals surface area contributed by atoms with E-state index in [4.69, 9.17) is 4.74 Å². The molecule has 0 atom stereocenters. The van der Waals surface area contributed by atoms with Crippen LogP contribution in [-0.2, 0) is 14.3 Å². The summed E-state index contributed by atoms with van der Waals surface area (Å²) in [6, 6.07) is 14.8. The smallest absolute Gasteiger partial charge is 0.381 e. The molecule has 0 aliphatic carbocycles. The van der Waals surface area contributed by atoms with Crippen molar-refractivity contribution in [3.05, 3.63) is 60.2 Å². The number of ketones is 2. The van der Waals surface area contributed by atoms with Crippen LogP contribution in [0.25, 0.3) is 0 Å². The number of methoxy groups -OCH3 is 2. The number of benzene rings is 2. The van der Waals surface area contributed by atoms with Gasteiger partial charge in [-0.05, 0) is 36.4 Å². The van der Waals surface area contributed by atoms with E-state index in [2.05, 4.69) is 15.3 Å². The quantitative estimate of drug-likeness (QED) is 0.207. The molecule has 0 bridgehead atoms. The lowest BCUT2D eigenvalue weighted by Crippen LogP contribution is -2.32. The average Bonchev–Trinajstić information content (AvgIpc) is 2.68. The van der Waals surface area contributed by atoms with E-state index in [0.717, 1.165) is 7.11 Å². The van der Waals surface area contributed by atoms with E-state index in [0.29, 0.717) is 11.4 Å². The van der Waals surface area contributed by atoms with Crippen LogP contribution >= 0.6 is 0 Å². The van der Waals surface area contributed by atoms with Crippen molar-refractivity contribution in [2.75, 3.05) is 19.6 Å². The number of nitrogens with one attached hydrogen (secondary N) is 1. The molecule has 0 aliphatic rings. The Kier molecular flexibility index (Phi) is 6.00. The van der Waals surface area contributed by atoms with Crippen molar-refractivity contribution in [2.45, 2.75) is 0 Å². The fourth-order valence-corrected chi connectivity index (χ4v) is 1.91. The van der Waals surface area contributed by atoms with Crippen molar-refractivity contribution in [2.24, 2.45) is 5.10 Å². The Hall–Kier alpha value is -3.48. The summed E-state index contributed by atoms with van der Waals surface area (Å²) in [7, 11) is 2.55. The van der Waals surface area contributed by atoms with E-state index in [1.165, 1.54) is 19.2 Å². The summed E-state index contributed by atoms with van der Waals surface area (Å²) in [5.74, 6) is -2.46. The van der Waals surface area contributed by atoms with E-state index in [1.807, 2.05) is 0 Å². The number of esters is 1. The van der Waals surface area contributed by atoms with Crippen molar-refractivity contribution in [3.63, 3.8) is 0 Å². The predicted octanol–water partition coefficient (Wildman–Crippen LogP) is 2.09. The number of Topliss-reactive ketones (excluding diaryl/α,β-unsaturated/α-hetero) is 2. The topological polar surface area (TPSA) is 94.1 Å². The molecule has 128 valence electrons. The molecule has 0 heterocycles. The van der Waals surface area contributed by atoms with Gasteiger partial charge in [0.25, 0.3) is 5.78 Å². The molecule has 0 spiro atoms. The molecule has 0 fully saturated rings. The van der Waals surface area contributed by atoms with Gasteiger partial charge in [-0.25, -0.2) is 4.79 Å². The van der Waals surface area contributed by atoms with Crippen LogP contribution in [0.2, 0.25) is 0 Å². The second-order valence-corrected chi connectivity index (χ2v) is 4.82. The molecule has 0 unspecified atom stereocenters. The second kappa shape index (κ2) is 8.39. The van der Waals surface area contributed by atoms with Gasteiger partial charge in [0.05, 0.1) is 19.9 Å². The first kappa shape index (κ1) is 17.9. The fraction of sp³-hybridized carbons (Fsp3) is 0.111. The zero-order valence-corrected chi connectivity index (χ0v) is 13.7. The van der Waals surface area contributed by atoms with Gasteiger partial charge in [0.1, 0.15) is 5.75 Å². The van der Waals surface area contributed by atoms with Crippen LogP contribution in [0.1, 0.15) is 10.4 Å². The fourth-order valence-electron chi connectivity index (χ4n) is 1.91. The van der Waals surface area contributed by atoms with E-state index in [1.54, 1.807) is 42.5 Å². The molecular formula is C18H16N2O5. The highest BCUT2D eigenvalue weighted by Gasteiger charge is 2.29.